The molecule has 1 aromatic rings. The van der Waals surface area contributed by atoms with E-state index in [0.29, 0.717) is 6.54 Å². The molecular formula is C12H19N3O2. The molecule has 0 radical (unpaired) electrons. The van der Waals surface area contributed by atoms with Crippen molar-refractivity contribution >= 4 is 11.8 Å². The molecule has 17 heavy (non-hydrogen) atoms. The molecule has 1 atom stereocenters. The highest BCUT2D eigenvalue weighted by atomic mass is 16.4. The average Bonchev–Trinajstić information content (AvgIpc) is 2.26. The van der Waals surface area contributed by atoms with Crippen molar-refractivity contribution in [2.45, 2.75) is 33.1 Å². The van der Waals surface area contributed by atoms with Gasteiger partial charge < -0.3 is 10.4 Å². The van der Waals surface area contributed by atoms with Crippen molar-refractivity contribution in [1.82, 2.24) is 9.97 Å². The Morgan fingerprint density at radius 1 is 1.53 bits per heavy atom. The van der Waals surface area contributed by atoms with Crippen LogP contribution >= 0.6 is 0 Å². The predicted molar refractivity (Wildman–Crippen MR) is 65.9 cm³/mol. The van der Waals surface area contributed by atoms with Crippen LogP contribution in [0.4, 0.5) is 5.82 Å². The highest BCUT2D eigenvalue weighted by molar-refractivity contribution is 5.67. The standard InChI is InChI=1S/C12H19N3O2/c1-3-4-10-6-11(15-8-14-10)13-7-9(2)5-12(16)17/h6,8-9H,3-5,7H2,1-2H3,(H,16,17)(H,13,14,15). The molecule has 0 bridgehead atoms. The van der Waals surface area contributed by atoms with Gasteiger partial charge in [0.05, 0.1) is 0 Å². The summed E-state index contributed by atoms with van der Waals surface area (Å²) in [6.45, 7) is 4.61. The fourth-order valence-corrected chi connectivity index (χ4v) is 1.54. The predicted octanol–water partition coefficient (Wildman–Crippen LogP) is 1.95. The molecule has 5 nitrogen and oxygen atoms in total. The van der Waals surface area contributed by atoms with Gasteiger partial charge in [-0.2, -0.15) is 0 Å². The number of carboxylic acids is 1. The van der Waals surface area contributed by atoms with Gasteiger partial charge in [0, 0.05) is 24.7 Å². The summed E-state index contributed by atoms with van der Waals surface area (Å²) < 4.78 is 0. The average molecular weight is 237 g/mol. The summed E-state index contributed by atoms with van der Waals surface area (Å²) in [4.78, 5) is 18.8. The van der Waals surface area contributed by atoms with Crippen molar-refractivity contribution in [2.75, 3.05) is 11.9 Å². The number of carbonyl (C=O) groups is 1. The van der Waals surface area contributed by atoms with Gasteiger partial charge in [-0.25, -0.2) is 9.97 Å². The maximum atomic E-state index is 10.5. The number of aliphatic carboxylic acids is 1. The first-order valence-electron chi connectivity index (χ1n) is 5.88. The van der Waals surface area contributed by atoms with Gasteiger partial charge in [0.15, 0.2) is 0 Å². The maximum absolute atomic E-state index is 10.5. The van der Waals surface area contributed by atoms with Crippen molar-refractivity contribution in [1.29, 1.82) is 0 Å². The molecule has 1 unspecified atom stereocenters. The fourth-order valence-electron chi connectivity index (χ4n) is 1.54. The SMILES string of the molecule is CCCc1cc(NCC(C)CC(=O)O)ncn1. The number of rotatable bonds is 7. The first kappa shape index (κ1) is 13.4. The summed E-state index contributed by atoms with van der Waals surface area (Å²) in [7, 11) is 0. The molecule has 0 aliphatic rings. The van der Waals surface area contributed by atoms with Gasteiger partial charge in [0.2, 0.25) is 0 Å². The summed E-state index contributed by atoms with van der Waals surface area (Å²) in [6, 6.07) is 1.91. The van der Waals surface area contributed by atoms with Crippen molar-refractivity contribution < 1.29 is 9.90 Å². The number of aromatic nitrogens is 2. The zero-order valence-electron chi connectivity index (χ0n) is 10.3. The van der Waals surface area contributed by atoms with Crippen molar-refractivity contribution in [2.24, 2.45) is 5.92 Å². The van der Waals surface area contributed by atoms with E-state index in [-0.39, 0.29) is 12.3 Å². The Labute approximate surface area is 101 Å². The number of anilines is 1. The molecule has 0 aliphatic carbocycles. The van der Waals surface area contributed by atoms with Gasteiger partial charge in [-0.05, 0) is 12.3 Å². The van der Waals surface area contributed by atoms with E-state index < -0.39 is 5.97 Å². The minimum absolute atomic E-state index is 0.0806. The lowest BCUT2D eigenvalue weighted by Gasteiger charge is -2.11. The van der Waals surface area contributed by atoms with E-state index in [1.54, 1.807) is 0 Å². The minimum Gasteiger partial charge on any atom is -0.481 e. The molecule has 0 aliphatic heterocycles. The highest BCUT2D eigenvalue weighted by Gasteiger charge is 2.07. The van der Waals surface area contributed by atoms with E-state index in [1.165, 1.54) is 6.33 Å². The summed E-state index contributed by atoms with van der Waals surface area (Å²) in [5.74, 6) is 0.0754. The van der Waals surface area contributed by atoms with Crippen molar-refractivity contribution in [3.63, 3.8) is 0 Å². The van der Waals surface area contributed by atoms with E-state index in [9.17, 15) is 4.79 Å². The van der Waals surface area contributed by atoms with Gasteiger partial charge in [-0.3, -0.25) is 4.79 Å². The van der Waals surface area contributed by atoms with Gasteiger partial charge in [-0.15, -0.1) is 0 Å². The molecule has 1 rings (SSSR count). The molecule has 94 valence electrons. The van der Waals surface area contributed by atoms with Crippen LogP contribution in [-0.4, -0.2) is 27.6 Å². The monoisotopic (exact) mass is 237 g/mol. The Hall–Kier alpha value is -1.65. The van der Waals surface area contributed by atoms with Gasteiger partial charge in [-0.1, -0.05) is 20.3 Å². The number of nitrogens with zero attached hydrogens (tertiary/aromatic N) is 2. The topological polar surface area (TPSA) is 75.1 Å². The normalized spacial score (nSPS) is 12.1. The molecule has 0 saturated carbocycles. The van der Waals surface area contributed by atoms with Crippen LogP contribution in [0.1, 0.15) is 32.4 Å². The van der Waals surface area contributed by atoms with Crippen LogP contribution in [0, 0.1) is 5.92 Å². The van der Waals surface area contributed by atoms with E-state index in [1.807, 2.05) is 13.0 Å². The van der Waals surface area contributed by atoms with E-state index in [0.717, 1.165) is 24.4 Å². The molecule has 1 heterocycles. The summed E-state index contributed by atoms with van der Waals surface area (Å²) in [5.41, 5.74) is 1.01. The molecule has 2 N–H and O–H groups in total. The molecule has 0 saturated heterocycles. The van der Waals surface area contributed by atoms with E-state index >= 15 is 0 Å². The lowest BCUT2D eigenvalue weighted by atomic mass is 10.1. The summed E-state index contributed by atoms with van der Waals surface area (Å²) in [5, 5.41) is 11.8. The molecular weight excluding hydrogens is 218 g/mol. The quantitative estimate of drug-likeness (QED) is 0.758. The molecule has 0 aromatic carbocycles. The Kier molecular flexibility index (Phi) is 5.39. The van der Waals surface area contributed by atoms with Gasteiger partial charge >= 0.3 is 5.97 Å². The maximum Gasteiger partial charge on any atom is 0.303 e. The van der Waals surface area contributed by atoms with Crippen LogP contribution < -0.4 is 5.32 Å². The van der Waals surface area contributed by atoms with Crippen LogP contribution in [0.5, 0.6) is 0 Å². The Balaban J connectivity index is 2.45. The molecule has 0 spiro atoms. The van der Waals surface area contributed by atoms with E-state index in [2.05, 4.69) is 22.2 Å². The van der Waals surface area contributed by atoms with Gasteiger partial charge in [0.1, 0.15) is 12.1 Å². The Morgan fingerprint density at radius 2 is 2.29 bits per heavy atom. The van der Waals surface area contributed by atoms with Crippen LogP contribution in [0.3, 0.4) is 0 Å². The zero-order chi connectivity index (χ0) is 12.7. The molecule has 0 amide bonds. The van der Waals surface area contributed by atoms with Gasteiger partial charge in [0.25, 0.3) is 0 Å². The number of hydrogen-bond acceptors (Lipinski definition) is 4. The second kappa shape index (κ2) is 6.83. The Bertz CT molecular complexity index is 369. The first-order chi connectivity index (χ1) is 8.11. The summed E-state index contributed by atoms with van der Waals surface area (Å²) in [6.07, 6.45) is 3.68. The number of hydrogen-bond donors (Lipinski definition) is 2. The number of nitrogens with one attached hydrogen (secondary N) is 1. The number of carboxylic acid groups (broad SMARTS) is 1. The highest BCUT2D eigenvalue weighted by Crippen LogP contribution is 2.08. The van der Waals surface area contributed by atoms with Crippen LogP contribution in [-0.2, 0) is 11.2 Å². The second-order valence-corrected chi connectivity index (χ2v) is 4.23. The van der Waals surface area contributed by atoms with Crippen molar-refractivity contribution in [3.8, 4) is 0 Å². The molecule has 0 fully saturated rings. The third-order valence-corrected chi connectivity index (χ3v) is 2.38. The third kappa shape index (κ3) is 5.29. The minimum atomic E-state index is -0.770. The summed E-state index contributed by atoms with van der Waals surface area (Å²) >= 11 is 0. The first-order valence-corrected chi connectivity index (χ1v) is 5.88. The molecule has 5 heteroatoms. The largest absolute Gasteiger partial charge is 0.481 e. The molecule has 1 aromatic heterocycles. The van der Waals surface area contributed by atoms with E-state index in [4.69, 9.17) is 5.11 Å². The van der Waals surface area contributed by atoms with Crippen molar-refractivity contribution in [3.05, 3.63) is 18.1 Å². The smallest absolute Gasteiger partial charge is 0.303 e. The van der Waals surface area contributed by atoms with Crippen LogP contribution in [0.2, 0.25) is 0 Å². The fraction of sp³-hybridized carbons (Fsp3) is 0.583. The Morgan fingerprint density at radius 3 is 2.94 bits per heavy atom. The zero-order valence-corrected chi connectivity index (χ0v) is 10.3. The third-order valence-electron chi connectivity index (χ3n) is 2.38. The second-order valence-electron chi connectivity index (χ2n) is 4.23. The lowest BCUT2D eigenvalue weighted by molar-refractivity contribution is -0.137. The lowest BCUT2D eigenvalue weighted by Crippen LogP contribution is -2.15. The van der Waals surface area contributed by atoms with Crippen LogP contribution in [0.15, 0.2) is 12.4 Å². The van der Waals surface area contributed by atoms with Crippen LogP contribution in [0.25, 0.3) is 0 Å². The number of aryl methyl sites for hydroxylation is 1.